The standard InChI is InChI=1S/C19H20ClN3O3S2/c20-16-11-22-19(27-16)23-18(24)15(9-12-3-1-2-4-12)13-5-8-17(21-10-13)28(25,26)14-6-7-14/h5,8-12,14H,1-4,6-7H2,(H,22,23,24). The van der Waals surface area contributed by atoms with Gasteiger partial charge in [-0.15, -0.1) is 0 Å². The van der Waals surface area contributed by atoms with Crippen molar-refractivity contribution in [3.8, 4) is 0 Å². The Morgan fingerprint density at radius 2 is 1.89 bits per heavy atom. The Hall–Kier alpha value is -1.77. The van der Waals surface area contributed by atoms with Gasteiger partial charge in [-0.05, 0) is 43.7 Å². The second kappa shape index (κ2) is 7.93. The minimum absolute atomic E-state index is 0.0751. The highest BCUT2D eigenvalue weighted by atomic mass is 35.5. The number of carbonyl (C=O) groups is 1. The summed E-state index contributed by atoms with van der Waals surface area (Å²) in [7, 11) is -3.35. The van der Waals surface area contributed by atoms with Gasteiger partial charge in [0.25, 0.3) is 5.91 Å². The average molecular weight is 438 g/mol. The lowest BCUT2D eigenvalue weighted by Gasteiger charge is -2.11. The first-order valence-electron chi connectivity index (χ1n) is 9.28. The van der Waals surface area contributed by atoms with Crippen LogP contribution in [0.4, 0.5) is 5.13 Å². The Morgan fingerprint density at radius 3 is 2.46 bits per heavy atom. The van der Waals surface area contributed by atoms with Crippen LogP contribution in [0.1, 0.15) is 44.1 Å². The molecule has 0 saturated heterocycles. The zero-order chi connectivity index (χ0) is 19.7. The maximum Gasteiger partial charge on any atom is 0.257 e. The van der Waals surface area contributed by atoms with Gasteiger partial charge in [-0.25, -0.2) is 18.4 Å². The topological polar surface area (TPSA) is 89.0 Å². The van der Waals surface area contributed by atoms with Gasteiger partial charge in [-0.3, -0.25) is 10.1 Å². The molecule has 9 heteroatoms. The van der Waals surface area contributed by atoms with E-state index < -0.39 is 9.84 Å². The summed E-state index contributed by atoms with van der Waals surface area (Å²) in [6.45, 7) is 0. The fourth-order valence-corrected chi connectivity index (χ4v) is 5.76. The number of carbonyl (C=O) groups excluding carboxylic acids is 1. The van der Waals surface area contributed by atoms with Gasteiger partial charge in [0, 0.05) is 17.3 Å². The smallest absolute Gasteiger partial charge is 0.257 e. The Balaban J connectivity index is 1.62. The van der Waals surface area contributed by atoms with Crippen LogP contribution in [0.15, 0.2) is 35.6 Å². The van der Waals surface area contributed by atoms with Gasteiger partial charge in [0.15, 0.2) is 20.0 Å². The molecule has 2 heterocycles. The largest absolute Gasteiger partial charge is 0.298 e. The van der Waals surface area contributed by atoms with Crippen LogP contribution in [0, 0.1) is 5.92 Å². The molecular formula is C19H20ClN3O3S2. The number of anilines is 1. The molecule has 0 bridgehead atoms. The first kappa shape index (κ1) is 19.5. The lowest BCUT2D eigenvalue weighted by molar-refractivity contribution is -0.111. The van der Waals surface area contributed by atoms with E-state index in [0.29, 0.717) is 39.4 Å². The van der Waals surface area contributed by atoms with Crippen molar-refractivity contribution >= 4 is 49.4 Å². The number of sulfone groups is 1. The van der Waals surface area contributed by atoms with Crippen LogP contribution >= 0.6 is 22.9 Å². The van der Waals surface area contributed by atoms with Crippen LogP contribution in [-0.2, 0) is 14.6 Å². The van der Waals surface area contributed by atoms with Crippen molar-refractivity contribution in [1.29, 1.82) is 0 Å². The van der Waals surface area contributed by atoms with E-state index in [2.05, 4.69) is 15.3 Å². The van der Waals surface area contributed by atoms with Gasteiger partial charge in [0.05, 0.1) is 11.4 Å². The van der Waals surface area contributed by atoms with E-state index in [1.165, 1.54) is 29.8 Å². The van der Waals surface area contributed by atoms with E-state index in [-0.39, 0.29) is 16.2 Å². The molecule has 2 aromatic rings. The van der Waals surface area contributed by atoms with Crippen molar-refractivity contribution in [1.82, 2.24) is 9.97 Å². The maximum absolute atomic E-state index is 12.9. The number of nitrogens with one attached hydrogen (secondary N) is 1. The van der Waals surface area contributed by atoms with Crippen LogP contribution < -0.4 is 5.32 Å². The number of nitrogens with zero attached hydrogens (tertiary/aromatic N) is 2. The molecule has 2 aliphatic carbocycles. The molecule has 1 amide bonds. The number of hydrogen-bond donors (Lipinski definition) is 1. The second-order valence-corrected chi connectivity index (χ2v) is 11.0. The predicted molar refractivity (Wildman–Crippen MR) is 110 cm³/mol. The monoisotopic (exact) mass is 437 g/mol. The van der Waals surface area contributed by atoms with Crippen LogP contribution in [0.3, 0.4) is 0 Å². The molecule has 2 aliphatic rings. The summed E-state index contributed by atoms with van der Waals surface area (Å²) in [5.41, 5.74) is 1.09. The number of hydrogen-bond acceptors (Lipinski definition) is 6. The average Bonchev–Trinajstić information content (AvgIpc) is 3.29. The SMILES string of the molecule is O=C(Nc1ncc(Cl)s1)C(=CC1CCCC1)c1ccc(S(=O)(=O)C2CC2)nc1. The Bertz CT molecular complexity index is 1010. The Morgan fingerprint density at radius 1 is 1.14 bits per heavy atom. The third-order valence-electron chi connectivity index (χ3n) is 5.05. The van der Waals surface area contributed by atoms with Gasteiger partial charge in [-0.1, -0.05) is 41.9 Å². The molecule has 28 heavy (non-hydrogen) atoms. The zero-order valence-electron chi connectivity index (χ0n) is 15.1. The molecule has 0 spiro atoms. The second-order valence-electron chi connectivity index (χ2n) is 7.18. The number of pyridine rings is 1. The number of allylic oxidation sites excluding steroid dienone is 1. The number of thiazole rings is 1. The summed E-state index contributed by atoms with van der Waals surface area (Å²) in [5, 5.41) is 2.97. The van der Waals surface area contributed by atoms with Crippen LogP contribution in [0.2, 0.25) is 4.34 Å². The molecule has 148 valence electrons. The fourth-order valence-electron chi connectivity index (χ4n) is 3.40. The van der Waals surface area contributed by atoms with Gasteiger partial charge in [0.1, 0.15) is 4.34 Å². The zero-order valence-corrected chi connectivity index (χ0v) is 17.5. The number of amides is 1. The molecule has 2 saturated carbocycles. The molecule has 0 unspecified atom stereocenters. The lowest BCUT2D eigenvalue weighted by atomic mass is 9.99. The minimum atomic E-state index is -3.35. The third kappa shape index (κ3) is 4.29. The number of halogens is 1. The van der Waals surface area contributed by atoms with Crippen LogP contribution in [0.25, 0.3) is 5.57 Å². The van der Waals surface area contributed by atoms with Crippen molar-refractivity contribution < 1.29 is 13.2 Å². The van der Waals surface area contributed by atoms with E-state index in [0.717, 1.165) is 25.7 Å². The minimum Gasteiger partial charge on any atom is -0.298 e. The molecule has 6 nitrogen and oxygen atoms in total. The first-order valence-corrected chi connectivity index (χ1v) is 12.0. The van der Waals surface area contributed by atoms with Crippen LogP contribution in [-0.4, -0.2) is 29.5 Å². The number of aromatic nitrogens is 2. The summed E-state index contributed by atoms with van der Waals surface area (Å²) >= 11 is 7.08. The van der Waals surface area contributed by atoms with E-state index in [1.54, 1.807) is 6.07 Å². The Kier molecular flexibility index (Phi) is 5.53. The molecule has 0 aromatic carbocycles. The quantitative estimate of drug-likeness (QED) is 0.679. The highest BCUT2D eigenvalue weighted by Crippen LogP contribution is 2.34. The Labute approximate surface area is 173 Å². The molecule has 1 N–H and O–H groups in total. The van der Waals surface area contributed by atoms with E-state index >= 15 is 0 Å². The van der Waals surface area contributed by atoms with Gasteiger partial charge in [0.2, 0.25) is 0 Å². The third-order valence-corrected chi connectivity index (χ3v) is 8.25. The first-order chi connectivity index (χ1) is 13.4. The van der Waals surface area contributed by atoms with Crippen molar-refractivity contribution in [2.45, 2.75) is 48.8 Å². The van der Waals surface area contributed by atoms with Crippen molar-refractivity contribution in [3.63, 3.8) is 0 Å². The van der Waals surface area contributed by atoms with E-state index in [4.69, 9.17) is 11.6 Å². The van der Waals surface area contributed by atoms with E-state index in [1.807, 2.05) is 6.08 Å². The normalized spacial score (nSPS) is 18.4. The lowest BCUT2D eigenvalue weighted by Crippen LogP contribution is -2.15. The van der Waals surface area contributed by atoms with Crippen LogP contribution in [0.5, 0.6) is 0 Å². The fraction of sp³-hybridized carbons (Fsp3) is 0.421. The predicted octanol–water partition coefficient (Wildman–Crippen LogP) is 4.34. The maximum atomic E-state index is 12.9. The molecule has 2 fully saturated rings. The van der Waals surface area contributed by atoms with Gasteiger partial charge >= 0.3 is 0 Å². The summed E-state index contributed by atoms with van der Waals surface area (Å²) in [6.07, 6.45) is 10.7. The van der Waals surface area contributed by atoms with Gasteiger partial charge < -0.3 is 0 Å². The summed E-state index contributed by atoms with van der Waals surface area (Å²) in [4.78, 5) is 21.1. The summed E-state index contributed by atoms with van der Waals surface area (Å²) < 4.78 is 25.2. The molecular weight excluding hydrogens is 418 g/mol. The molecule has 0 radical (unpaired) electrons. The summed E-state index contributed by atoms with van der Waals surface area (Å²) in [5.74, 6) is 0.0352. The van der Waals surface area contributed by atoms with Crippen molar-refractivity contribution in [3.05, 3.63) is 40.5 Å². The highest BCUT2D eigenvalue weighted by Gasteiger charge is 2.37. The van der Waals surface area contributed by atoms with Crippen molar-refractivity contribution in [2.24, 2.45) is 5.92 Å². The summed E-state index contributed by atoms with van der Waals surface area (Å²) in [6, 6.07) is 3.16. The van der Waals surface area contributed by atoms with Crippen molar-refractivity contribution in [2.75, 3.05) is 5.32 Å². The molecule has 4 rings (SSSR count). The highest BCUT2D eigenvalue weighted by molar-refractivity contribution is 7.92. The van der Waals surface area contributed by atoms with E-state index in [9.17, 15) is 13.2 Å². The van der Waals surface area contributed by atoms with Gasteiger partial charge in [-0.2, -0.15) is 0 Å². The number of rotatable bonds is 6. The molecule has 0 aliphatic heterocycles. The molecule has 2 aromatic heterocycles. The molecule has 0 atom stereocenters.